The molecule has 0 saturated carbocycles. The molecule has 0 saturated heterocycles. The van der Waals surface area contributed by atoms with Crippen LogP contribution in [-0.4, -0.2) is 17.9 Å². The van der Waals surface area contributed by atoms with Gasteiger partial charge < -0.3 is 11.1 Å². The molecule has 0 unspecified atom stereocenters. The second kappa shape index (κ2) is 8.19. The molecule has 0 fully saturated rings. The average molecular weight is 332 g/mol. The molecule has 2 aromatic carbocycles. The fourth-order valence-corrected chi connectivity index (χ4v) is 2.35. The van der Waals surface area contributed by atoms with Gasteiger partial charge >= 0.3 is 0 Å². The number of nitrogens with two attached hydrogens (primary N) is 1. The highest BCUT2D eigenvalue weighted by Gasteiger charge is 2.20. The Hall–Kier alpha value is -2.76. The molecule has 0 aliphatic carbocycles. The molecule has 0 aromatic heterocycles. The summed E-state index contributed by atoms with van der Waals surface area (Å²) in [6, 6.07) is 11.4. The van der Waals surface area contributed by atoms with Gasteiger partial charge in [0, 0.05) is 6.07 Å². The number of amides is 2. The minimum absolute atomic E-state index is 0.328. The smallest absolute Gasteiger partial charge is 0.254 e. The lowest BCUT2D eigenvalue weighted by molar-refractivity contribution is -0.120. The lowest BCUT2D eigenvalue weighted by Gasteiger charge is -2.15. The van der Waals surface area contributed by atoms with Gasteiger partial charge in [-0.15, -0.1) is 0 Å². The summed E-state index contributed by atoms with van der Waals surface area (Å²) in [5, 5.41) is 2.40. The Morgan fingerprint density at radius 2 is 1.79 bits per heavy atom. The van der Waals surface area contributed by atoms with E-state index in [0.29, 0.717) is 18.9 Å². The zero-order chi connectivity index (χ0) is 17.5. The van der Waals surface area contributed by atoms with Crippen LogP contribution in [0.3, 0.4) is 0 Å². The highest BCUT2D eigenvalue weighted by molar-refractivity contribution is 5.97. The average Bonchev–Trinajstić information content (AvgIpc) is 2.54. The maximum Gasteiger partial charge on any atom is 0.254 e. The highest BCUT2D eigenvalue weighted by Crippen LogP contribution is 2.11. The summed E-state index contributed by atoms with van der Waals surface area (Å²) in [5.41, 5.74) is 6.08. The quantitative estimate of drug-likeness (QED) is 0.818. The number of halogens is 2. The van der Waals surface area contributed by atoms with Crippen molar-refractivity contribution < 1.29 is 18.4 Å². The van der Waals surface area contributed by atoms with E-state index < -0.39 is 29.5 Å². The van der Waals surface area contributed by atoms with Gasteiger partial charge in [-0.2, -0.15) is 0 Å². The summed E-state index contributed by atoms with van der Waals surface area (Å²) >= 11 is 0. The van der Waals surface area contributed by atoms with Crippen LogP contribution in [0.4, 0.5) is 8.78 Å². The Morgan fingerprint density at radius 3 is 2.42 bits per heavy atom. The molecule has 126 valence electrons. The number of carbonyl (C=O) groups is 2. The van der Waals surface area contributed by atoms with Crippen molar-refractivity contribution in [1.82, 2.24) is 5.32 Å². The van der Waals surface area contributed by atoms with Crippen molar-refractivity contribution in [2.24, 2.45) is 5.73 Å². The fraction of sp³-hybridized carbons (Fsp3) is 0.222. The molecule has 0 aliphatic rings. The molecule has 2 rings (SSSR count). The van der Waals surface area contributed by atoms with Gasteiger partial charge in [-0.3, -0.25) is 9.59 Å². The Bertz CT molecular complexity index is 720. The van der Waals surface area contributed by atoms with E-state index in [1.807, 2.05) is 30.3 Å². The van der Waals surface area contributed by atoms with E-state index in [4.69, 9.17) is 5.73 Å². The SMILES string of the molecule is NC(=O)[C@@H](CCCc1ccccc1)NC(=O)c1ccc(F)cc1F. The van der Waals surface area contributed by atoms with Crippen LogP contribution in [0.2, 0.25) is 0 Å². The molecule has 4 nitrogen and oxygen atoms in total. The fourth-order valence-electron chi connectivity index (χ4n) is 2.35. The van der Waals surface area contributed by atoms with Crippen molar-refractivity contribution >= 4 is 11.8 Å². The zero-order valence-corrected chi connectivity index (χ0v) is 13.0. The summed E-state index contributed by atoms with van der Waals surface area (Å²) in [7, 11) is 0. The molecule has 0 spiro atoms. The van der Waals surface area contributed by atoms with Crippen LogP contribution >= 0.6 is 0 Å². The first-order valence-electron chi connectivity index (χ1n) is 7.56. The van der Waals surface area contributed by atoms with Gasteiger partial charge in [0.2, 0.25) is 5.91 Å². The Balaban J connectivity index is 1.95. The first kappa shape index (κ1) is 17.6. The topological polar surface area (TPSA) is 72.2 Å². The number of primary amides is 1. The standard InChI is InChI=1S/C18H18F2N2O2/c19-13-9-10-14(15(20)11-13)18(24)22-16(17(21)23)8-4-7-12-5-2-1-3-6-12/h1-3,5-6,9-11,16H,4,7-8H2,(H2,21,23)(H,22,24)/t16-/m1/s1. The largest absolute Gasteiger partial charge is 0.368 e. The van der Waals surface area contributed by atoms with Gasteiger partial charge in [-0.1, -0.05) is 30.3 Å². The molecule has 0 radical (unpaired) electrons. The first-order chi connectivity index (χ1) is 11.5. The predicted octanol–water partition coefficient (Wildman–Crippen LogP) is 2.57. The predicted molar refractivity (Wildman–Crippen MR) is 86.2 cm³/mol. The van der Waals surface area contributed by atoms with Gasteiger partial charge in [0.15, 0.2) is 0 Å². The van der Waals surface area contributed by atoms with Gasteiger partial charge in [-0.25, -0.2) is 8.78 Å². The third kappa shape index (κ3) is 4.87. The summed E-state index contributed by atoms with van der Waals surface area (Å²) in [6.45, 7) is 0. The van der Waals surface area contributed by atoms with Crippen molar-refractivity contribution in [3.05, 3.63) is 71.3 Å². The Labute approximate surface area is 138 Å². The number of hydrogen-bond acceptors (Lipinski definition) is 2. The van der Waals surface area contributed by atoms with E-state index in [1.54, 1.807) is 0 Å². The first-order valence-corrected chi connectivity index (χ1v) is 7.56. The van der Waals surface area contributed by atoms with Gasteiger partial charge in [0.05, 0.1) is 5.56 Å². The van der Waals surface area contributed by atoms with E-state index in [-0.39, 0.29) is 5.56 Å². The molecule has 1 atom stereocenters. The molecular weight excluding hydrogens is 314 g/mol. The van der Waals surface area contributed by atoms with Crippen LogP contribution < -0.4 is 11.1 Å². The van der Waals surface area contributed by atoms with Crippen molar-refractivity contribution in [3.63, 3.8) is 0 Å². The van der Waals surface area contributed by atoms with Gasteiger partial charge in [0.1, 0.15) is 17.7 Å². The number of carbonyl (C=O) groups excluding carboxylic acids is 2. The third-order valence-electron chi connectivity index (χ3n) is 3.63. The lowest BCUT2D eigenvalue weighted by Crippen LogP contribution is -2.44. The van der Waals surface area contributed by atoms with Crippen molar-refractivity contribution in [1.29, 1.82) is 0 Å². The van der Waals surface area contributed by atoms with Gasteiger partial charge in [0.25, 0.3) is 5.91 Å². The summed E-state index contributed by atoms with van der Waals surface area (Å²) in [4.78, 5) is 23.5. The molecular formula is C18H18F2N2O2. The van der Waals surface area contributed by atoms with E-state index in [1.165, 1.54) is 0 Å². The number of aryl methyl sites for hydroxylation is 1. The molecule has 6 heteroatoms. The van der Waals surface area contributed by atoms with Crippen LogP contribution in [0.15, 0.2) is 48.5 Å². The van der Waals surface area contributed by atoms with Crippen molar-refractivity contribution in [3.8, 4) is 0 Å². The highest BCUT2D eigenvalue weighted by atomic mass is 19.1. The molecule has 2 aromatic rings. The lowest BCUT2D eigenvalue weighted by atomic mass is 10.0. The molecule has 3 N–H and O–H groups in total. The normalized spacial score (nSPS) is 11.8. The Kier molecular flexibility index (Phi) is 6.01. The van der Waals surface area contributed by atoms with Crippen LogP contribution in [-0.2, 0) is 11.2 Å². The minimum Gasteiger partial charge on any atom is -0.368 e. The van der Waals surface area contributed by atoms with Crippen LogP contribution in [0.5, 0.6) is 0 Å². The molecule has 0 bridgehead atoms. The van der Waals surface area contributed by atoms with Crippen LogP contribution in [0, 0.1) is 11.6 Å². The monoisotopic (exact) mass is 332 g/mol. The van der Waals surface area contributed by atoms with E-state index >= 15 is 0 Å². The van der Waals surface area contributed by atoms with Crippen LogP contribution in [0.1, 0.15) is 28.8 Å². The Morgan fingerprint density at radius 1 is 1.08 bits per heavy atom. The van der Waals surface area contributed by atoms with E-state index in [9.17, 15) is 18.4 Å². The van der Waals surface area contributed by atoms with Gasteiger partial charge in [-0.05, 0) is 37.0 Å². The molecule has 24 heavy (non-hydrogen) atoms. The number of nitrogens with one attached hydrogen (secondary N) is 1. The second-order valence-electron chi connectivity index (χ2n) is 5.43. The maximum absolute atomic E-state index is 13.6. The summed E-state index contributed by atoms with van der Waals surface area (Å²) in [6.07, 6.45) is 1.69. The number of rotatable bonds is 7. The summed E-state index contributed by atoms with van der Waals surface area (Å²) in [5.74, 6) is -3.26. The second-order valence-corrected chi connectivity index (χ2v) is 5.43. The molecule has 0 heterocycles. The van der Waals surface area contributed by atoms with Crippen LogP contribution in [0.25, 0.3) is 0 Å². The molecule has 2 amide bonds. The number of benzene rings is 2. The van der Waals surface area contributed by atoms with Crippen molar-refractivity contribution in [2.45, 2.75) is 25.3 Å². The zero-order valence-electron chi connectivity index (χ0n) is 13.0. The minimum atomic E-state index is -0.986. The molecule has 0 aliphatic heterocycles. The summed E-state index contributed by atoms with van der Waals surface area (Å²) < 4.78 is 26.5. The van der Waals surface area contributed by atoms with Crippen molar-refractivity contribution in [2.75, 3.05) is 0 Å². The maximum atomic E-state index is 13.6. The van der Waals surface area contributed by atoms with E-state index in [2.05, 4.69) is 5.32 Å². The van der Waals surface area contributed by atoms with E-state index in [0.717, 1.165) is 24.1 Å². The number of hydrogen-bond donors (Lipinski definition) is 2. The third-order valence-corrected chi connectivity index (χ3v) is 3.63.